The van der Waals surface area contributed by atoms with Crippen LogP contribution in [0.25, 0.3) is 18.7 Å². The van der Waals surface area contributed by atoms with Gasteiger partial charge in [-0.15, -0.1) is 0 Å². The summed E-state index contributed by atoms with van der Waals surface area (Å²) in [7, 11) is 1.20. The van der Waals surface area contributed by atoms with E-state index in [1.807, 2.05) is 20.8 Å². The number of carboxylic acid groups (broad SMARTS) is 2. The van der Waals surface area contributed by atoms with E-state index in [1.165, 1.54) is 46.2 Å². The SMILES string of the molecule is C=c1[nH]/c(=C\C2=NC(=C\C3=NC(=C\c4[nH]c(C)c(C)c4CC)/C(C)=C3CC)/C(C)=C2CCC)c(CCC(=O)O)c1C.CC.CO.COP([O][Sn+])O[CH](O)[Sn].O=CO. The summed E-state index contributed by atoms with van der Waals surface area (Å²) in [5.74, 6) is -0.804. The summed E-state index contributed by atoms with van der Waals surface area (Å²) in [4.78, 5) is 36.8. The minimum atomic E-state index is -1.28. The third-order valence-electron chi connectivity index (χ3n) is 8.99. The average molecular weight is 1020 g/mol. The van der Waals surface area contributed by atoms with Gasteiger partial charge in [0.25, 0.3) is 6.47 Å². The zero-order chi connectivity index (χ0) is 44.0. The summed E-state index contributed by atoms with van der Waals surface area (Å²) >= 11 is 1.78. The molecule has 0 aliphatic carbocycles. The van der Waals surface area contributed by atoms with Crippen LogP contribution in [0.3, 0.4) is 0 Å². The predicted molar refractivity (Wildman–Crippen MR) is 234 cm³/mol. The van der Waals surface area contributed by atoms with Crippen LogP contribution in [0.15, 0.2) is 49.7 Å². The Morgan fingerprint density at radius 3 is 1.91 bits per heavy atom. The van der Waals surface area contributed by atoms with E-state index < -0.39 is 18.9 Å². The van der Waals surface area contributed by atoms with Crippen molar-refractivity contribution in [1.29, 1.82) is 0 Å². The maximum absolute atomic E-state index is 11.3. The van der Waals surface area contributed by atoms with E-state index in [4.69, 9.17) is 42.0 Å². The first-order valence-corrected chi connectivity index (χ1v) is 22.6. The van der Waals surface area contributed by atoms with Crippen molar-refractivity contribution in [2.45, 2.75) is 112 Å². The molecule has 57 heavy (non-hydrogen) atoms. The van der Waals surface area contributed by atoms with Gasteiger partial charge in [0.15, 0.2) is 0 Å². The van der Waals surface area contributed by atoms with Crippen molar-refractivity contribution < 1.29 is 41.9 Å². The number of aliphatic carboxylic acids is 1. The van der Waals surface area contributed by atoms with E-state index in [1.54, 1.807) is 0 Å². The van der Waals surface area contributed by atoms with Crippen LogP contribution in [0.1, 0.15) is 108 Å². The van der Waals surface area contributed by atoms with Crippen LogP contribution in [0.5, 0.6) is 0 Å². The Bertz CT molecular complexity index is 1940. The Balaban J connectivity index is 0.00000167. The third-order valence-corrected chi connectivity index (χ3v) is 12.0. The Hall–Kier alpha value is -2.63. The number of H-pyrrole nitrogens is 2. The van der Waals surface area contributed by atoms with Crippen LogP contribution in [-0.4, -0.2) is 118 Å². The zero-order valence-electron chi connectivity index (χ0n) is 35.5. The fourth-order valence-corrected chi connectivity index (χ4v) is 8.26. The number of aliphatic imine (C=N–C) groups is 2. The molecule has 0 aromatic carbocycles. The Labute approximate surface area is 366 Å². The second-order valence-corrected chi connectivity index (χ2v) is 16.4. The van der Waals surface area contributed by atoms with Crippen molar-refractivity contribution in [1.82, 2.24) is 9.97 Å². The molecule has 2 atom stereocenters. The van der Waals surface area contributed by atoms with Crippen molar-refractivity contribution in [3.05, 3.63) is 84.1 Å². The molecule has 2 aromatic heterocycles. The van der Waals surface area contributed by atoms with Crippen molar-refractivity contribution in [2.75, 3.05) is 14.2 Å². The van der Waals surface area contributed by atoms with E-state index in [9.17, 15) is 9.90 Å². The van der Waals surface area contributed by atoms with Crippen molar-refractivity contribution >= 4 is 96.7 Å². The van der Waals surface area contributed by atoms with Gasteiger partial charge in [-0.1, -0.05) is 47.6 Å². The molecule has 2 unspecified atom stereocenters. The van der Waals surface area contributed by atoms with Gasteiger partial charge in [-0.25, -0.2) is 9.98 Å². The van der Waals surface area contributed by atoms with Gasteiger partial charge in [-0.3, -0.25) is 9.59 Å². The molecule has 0 saturated carbocycles. The van der Waals surface area contributed by atoms with Crippen LogP contribution in [0.2, 0.25) is 0 Å². The second-order valence-electron chi connectivity index (χ2n) is 12.2. The first-order chi connectivity index (χ1) is 27.1. The van der Waals surface area contributed by atoms with Gasteiger partial charge in [0.2, 0.25) is 0 Å². The fraction of sp³-hybridized carbons (Fsp3) is 0.463. The predicted octanol–water partition coefficient (Wildman–Crippen LogP) is 6.47. The molecule has 5 radical (unpaired) electrons. The molecule has 2 aliphatic rings. The summed E-state index contributed by atoms with van der Waals surface area (Å²) in [5, 5.41) is 33.5. The monoisotopic (exact) mass is 1020 g/mol. The van der Waals surface area contributed by atoms with Gasteiger partial charge < -0.3 is 25.3 Å². The van der Waals surface area contributed by atoms with Gasteiger partial charge in [-0.2, -0.15) is 0 Å². The number of rotatable bonds is 14. The largest absolute Gasteiger partial charge is 0.483 e. The van der Waals surface area contributed by atoms with Crippen LogP contribution in [0, 0.1) is 20.8 Å². The number of carboxylic acids is 1. The number of allylic oxidation sites excluding steroid dienone is 5. The minimum Gasteiger partial charge on any atom is -0.483 e. The normalized spacial score (nSPS) is 16.1. The minimum absolute atomic E-state index is 0.0792. The van der Waals surface area contributed by atoms with Crippen molar-refractivity contribution in [3.8, 4) is 0 Å². The third kappa shape index (κ3) is 16.2. The molecule has 0 fully saturated rings. The number of aliphatic hydroxyl groups excluding tert-OH is 2. The summed E-state index contributed by atoms with van der Waals surface area (Å²) < 4.78 is 13.5. The summed E-state index contributed by atoms with van der Waals surface area (Å²) in [6.45, 7) is 25.0. The number of nitrogens with one attached hydrogen (secondary N) is 2. The number of hydrogen-bond acceptors (Lipinski definition) is 9. The van der Waals surface area contributed by atoms with E-state index in [2.05, 4.69) is 83.2 Å². The topological polar surface area (TPSA) is 199 Å². The molecule has 311 valence electrons. The van der Waals surface area contributed by atoms with Crippen LogP contribution in [-0.2, 0) is 34.3 Å². The smallest absolute Gasteiger partial charge is 0.290 e. The number of aliphatic hydroxyl groups is 2. The van der Waals surface area contributed by atoms with E-state index in [0.29, 0.717) is 6.42 Å². The molecule has 6 N–H and O–H groups in total. The number of aryl methyl sites for hydroxylation is 1. The number of aromatic amines is 2. The number of aromatic nitrogens is 2. The second kappa shape index (κ2) is 28.7. The van der Waals surface area contributed by atoms with E-state index in [0.717, 1.165) is 129 Å². The Morgan fingerprint density at radius 1 is 0.912 bits per heavy atom. The first-order valence-electron chi connectivity index (χ1n) is 18.7. The molecule has 13 nitrogen and oxygen atoms in total. The molecule has 2 aromatic rings. The van der Waals surface area contributed by atoms with Crippen LogP contribution >= 0.6 is 8.60 Å². The van der Waals surface area contributed by atoms with Crippen LogP contribution in [0.4, 0.5) is 0 Å². The van der Waals surface area contributed by atoms with Gasteiger partial charge in [0.05, 0.1) is 22.8 Å². The first kappa shape index (κ1) is 54.4. The molecule has 0 amide bonds. The number of carbonyl (C=O) groups is 2. The summed E-state index contributed by atoms with van der Waals surface area (Å²) in [5.41, 5.74) is 15.7. The van der Waals surface area contributed by atoms with E-state index in [-0.39, 0.29) is 12.9 Å². The fourth-order valence-electron chi connectivity index (χ4n) is 6.15. The standard InChI is InChI=1S/C35H44N4O2.C2H5O4P.C2H6.CH2O2.CH4O.2Sn/c1-10-13-27-22(7)30(39-34(27)18-33-28(14-15-35(40)41)20(5)24(9)37-33)17-32-26(12-3)21(6)29(38-32)16-31-25(11-2)19(4)23(8)36-31;1-5-7(4)6-2-3;1-2;2-1-3;1-2;;/h16-18,36-37H,9-15H2,1-8H3,(H,40,41);2-3H,1H3;1-2H3;1H,(H,2,3);2H,1H3;;/q;-1;;;;;+2/b29-16-,30-17-,33-18-;;;;;;. The van der Waals surface area contributed by atoms with Gasteiger partial charge in [0.1, 0.15) is 0 Å². The Morgan fingerprint density at radius 2 is 1.46 bits per heavy atom. The van der Waals surface area contributed by atoms with E-state index >= 15 is 0 Å². The molecule has 2 aliphatic heterocycles. The number of hydrogen-bond donors (Lipinski definition) is 6. The quantitative estimate of drug-likeness (QED) is 0.0532. The van der Waals surface area contributed by atoms with Gasteiger partial charge >= 0.3 is 88.5 Å². The molecular formula is C41H61N4O9PSn2+. The van der Waals surface area contributed by atoms with Gasteiger partial charge in [0, 0.05) is 35.6 Å². The molecule has 4 rings (SSSR count). The molecule has 4 heterocycles. The molecule has 0 spiro atoms. The Kier molecular flexibility index (Phi) is 27.4. The zero-order valence-corrected chi connectivity index (χ0v) is 42.1. The summed E-state index contributed by atoms with van der Waals surface area (Å²) in [6.07, 6.45) is 10.7. The van der Waals surface area contributed by atoms with Crippen molar-refractivity contribution in [2.24, 2.45) is 9.98 Å². The van der Waals surface area contributed by atoms with Gasteiger partial charge in [-0.05, 0) is 123 Å². The average Bonchev–Trinajstić information content (AvgIpc) is 3.84. The molecular weight excluding hydrogens is 961 g/mol. The number of nitrogens with zero attached hydrogens (tertiary/aromatic N) is 2. The molecule has 16 heteroatoms. The summed E-state index contributed by atoms with van der Waals surface area (Å²) in [6, 6.07) is 0. The maximum Gasteiger partial charge on any atom is 0.290 e. The van der Waals surface area contributed by atoms with Crippen LogP contribution < -0.4 is 10.7 Å². The molecule has 0 saturated heterocycles. The maximum atomic E-state index is 11.3. The van der Waals surface area contributed by atoms with Crippen molar-refractivity contribution in [3.63, 3.8) is 0 Å². The molecule has 0 bridgehead atoms.